The summed E-state index contributed by atoms with van der Waals surface area (Å²) in [6.45, 7) is 1.80. The summed E-state index contributed by atoms with van der Waals surface area (Å²) in [6.07, 6.45) is 0. The molecule has 0 heterocycles. The molecule has 0 aliphatic rings. The number of hydrogen-bond acceptors (Lipinski definition) is 2. The Kier molecular flexibility index (Phi) is 5.20. The van der Waals surface area contributed by atoms with Crippen molar-refractivity contribution in [2.24, 2.45) is 0 Å². The van der Waals surface area contributed by atoms with Crippen LogP contribution >= 0.6 is 27.7 Å². The Balaban J connectivity index is 2.01. The predicted molar refractivity (Wildman–Crippen MR) is 84.5 cm³/mol. The van der Waals surface area contributed by atoms with Crippen LogP contribution in [0.2, 0.25) is 0 Å². The summed E-state index contributed by atoms with van der Waals surface area (Å²) >= 11 is 4.62. The number of benzene rings is 2. The molecular weight excluding hydrogens is 341 g/mol. The molecule has 0 aliphatic carbocycles. The monoisotopic (exact) mass is 353 g/mol. The van der Waals surface area contributed by atoms with E-state index in [0.717, 1.165) is 4.90 Å². The van der Waals surface area contributed by atoms with Crippen LogP contribution in [0.25, 0.3) is 0 Å². The van der Waals surface area contributed by atoms with Crippen LogP contribution in [0.3, 0.4) is 0 Å². The number of carbonyl (C=O) groups excluding carboxylic acids is 1. The molecule has 104 valence electrons. The van der Waals surface area contributed by atoms with E-state index in [1.54, 1.807) is 13.0 Å². The summed E-state index contributed by atoms with van der Waals surface area (Å²) in [5, 5.41) is 2.30. The third kappa shape index (κ3) is 4.08. The molecule has 0 unspecified atom stereocenters. The van der Waals surface area contributed by atoms with Gasteiger partial charge >= 0.3 is 0 Å². The van der Waals surface area contributed by atoms with Crippen LogP contribution in [0.5, 0.6) is 0 Å². The molecule has 5 heteroatoms. The molecule has 0 radical (unpaired) electrons. The van der Waals surface area contributed by atoms with Gasteiger partial charge in [-0.1, -0.05) is 34.1 Å². The average Bonchev–Trinajstić information content (AvgIpc) is 2.43. The first kappa shape index (κ1) is 15.1. The van der Waals surface area contributed by atoms with E-state index < -0.39 is 5.82 Å². The van der Waals surface area contributed by atoms with Crippen molar-refractivity contribution in [1.29, 1.82) is 0 Å². The number of hydrogen-bond donors (Lipinski definition) is 1. The van der Waals surface area contributed by atoms with Crippen molar-refractivity contribution in [2.75, 3.05) is 5.32 Å². The second-order valence-electron chi connectivity index (χ2n) is 4.19. The van der Waals surface area contributed by atoms with E-state index >= 15 is 0 Å². The zero-order valence-electron chi connectivity index (χ0n) is 10.8. The fourth-order valence-corrected chi connectivity index (χ4v) is 2.80. The van der Waals surface area contributed by atoms with Crippen molar-refractivity contribution < 1.29 is 9.18 Å². The zero-order valence-corrected chi connectivity index (χ0v) is 13.2. The Hall–Kier alpha value is -1.33. The fraction of sp³-hybridized carbons (Fsp3) is 0.133. The number of amides is 1. The van der Waals surface area contributed by atoms with E-state index in [9.17, 15) is 9.18 Å². The van der Waals surface area contributed by atoms with Gasteiger partial charge in [0.05, 0.1) is 10.9 Å². The highest BCUT2D eigenvalue weighted by Crippen LogP contribution is 2.25. The summed E-state index contributed by atoms with van der Waals surface area (Å²) < 4.78 is 14.3. The average molecular weight is 354 g/mol. The minimum absolute atomic E-state index is 0.193. The van der Waals surface area contributed by atoms with Crippen LogP contribution in [-0.4, -0.2) is 11.2 Å². The molecule has 2 nitrogen and oxygen atoms in total. The van der Waals surface area contributed by atoms with Crippen LogP contribution in [0.15, 0.2) is 57.9 Å². The highest BCUT2D eigenvalue weighted by Gasteiger charge is 2.16. The van der Waals surface area contributed by atoms with Gasteiger partial charge in [0.25, 0.3) is 0 Å². The van der Waals surface area contributed by atoms with E-state index in [1.807, 2.05) is 30.3 Å². The highest BCUT2D eigenvalue weighted by atomic mass is 79.9. The molecule has 0 spiro atoms. The number of anilines is 1. The molecule has 2 aromatic rings. The Morgan fingerprint density at radius 2 is 1.95 bits per heavy atom. The Morgan fingerprint density at radius 1 is 1.25 bits per heavy atom. The van der Waals surface area contributed by atoms with Crippen LogP contribution in [0, 0.1) is 5.82 Å². The predicted octanol–water partition coefficient (Wildman–Crippen LogP) is 4.71. The van der Waals surface area contributed by atoms with Crippen LogP contribution < -0.4 is 5.32 Å². The third-order valence-electron chi connectivity index (χ3n) is 2.61. The number of rotatable bonds is 4. The lowest BCUT2D eigenvalue weighted by molar-refractivity contribution is -0.115. The number of thioether (sulfide) groups is 1. The second-order valence-corrected chi connectivity index (χ2v) is 6.52. The van der Waals surface area contributed by atoms with Gasteiger partial charge < -0.3 is 5.32 Å². The van der Waals surface area contributed by atoms with E-state index in [-0.39, 0.29) is 16.8 Å². The SMILES string of the molecule is C[C@H](Sc1ccccc1)C(=O)Nc1ccc(Br)cc1F. The lowest BCUT2D eigenvalue weighted by Crippen LogP contribution is -2.22. The highest BCUT2D eigenvalue weighted by molar-refractivity contribution is 9.10. The van der Waals surface area contributed by atoms with Gasteiger partial charge in [0.15, 0.2) is 0 Å². The van der Waals surface area contributed by atoms with Gasteiger partial charge in [-0.05, 0) is 37.3 Å². The number of nitrogens with one attached hydrogen (secondary N) is 1. The minimum Gasteiger partial charge on any atom is -0.323 e. The minimum atomic E-state index is -0.454. The van der Waals surface area contributed by atoms with Crippen molar-refractivity contribution in [3.63, 3.8) is 0 Å². The maximum absolute atomic E-state index is 13.6. The number of halogens is 2. The molecule has 0 aromatic heterocycles. The lowest BCUT2D eigenvalue weighted by atomic mass is 10.3. The normalized spacial score (nSPS) is 11.9. The van der Waals surface area contributed by atoms with Crippen molar-refractivity contribution in [3.8, 4) is 0 Å². The standard InChI is InChI=1S/C15H13BrFNOS/c1-10(20-12-5-3-2-4-6-12)15(19)18-14-8-7-11(16)9-13(14)17/h2-10H,1H3,(H,18,19)/t10-/m0/s1. The second kappa shape index (κ2) is 6.90. The smallest absolute Gasteiger partial charge is 0.237 e. The molecule has 0 aliphatic heterocycles. The summed E-state index contributed by atoms with van der Waals surface area (Å²) in [5.74, 6) is -0.676. The summed E-state index contributed by atoms with van der Waals surface area (Å²) in [5.41, 5.74) is 0.193. The van der Waals surface area contributed by atoms with Gasteiger partial charge in [-0.3, -0.25) is 4.79 Å². The van der Waals surface area contributed by atoms with Crippen molar-refractivity contribution in [1.82, 2.24) is 0 Å². The summed E-state index contributed by atoms with van der Waals surface area (Å²) in [7, 11) is 0. The third-order valence-corrected chi connectivity index (χ3v) is 4.22. The van der Waals surface area contributed by atoms with Gasteiger partial charge in [-0.2, -0.15) is 0 Å². The van der Waals surface area contributed by atoms with Gasteiger partial charge in [0.2, 0.25) is 5.91 Å². The summed E-state index contributed by atoms with van der Waals surface area (Å²) in [4.78, 5) is 13.0. The van der Waals surface area contributed by atoms with E-state index in [4.69, 9.17) is 0 Å². The number of carbonyl (C=O) groups is 1. The van der Waals surface area contributed by atoms with Crippen molar-refractivity contribution >= 4 is 39.3 Å². The van der Waals surface area contributed by atoms with Gasteiger partial charge in [-0.15, -0.1) is 11.8 Å². The maximum atomic E-state index is 13.6. The molecular formula is C15H13BrFNOS. The molecule has 1 atom stereocenters. The fourth-order valence-electron chi connectivity index (χ4n) is 1.58. The Labute approximate surface area is 129 Å². The van der Waals surface area contributed by atoms with E-state index in [1.165, 1.54) is 23.9 Å². The summed E-state index contributed by atoms with van der Waals surface area (Å²) in [6, 6.07) is 14.2. The Bertz CT molecular complexity index is 606. The molecule has 2 aromatic carbocycles. The first-order chi connectivity index (χ1) is 9.56. The quantitative estimate of drug-likeness (QED) is 0.806. The van der Waals surface area contributed by atoms with Crippen LogP contribution in [-0.2, 0) is 4.79 Å². The van der Waals surface area contributed by atoms with Gasteiger partial charge in [-0.25, -0.2) is 4.39 Å². The molecule has 0 bridgehead atoms. The lowest BCUT2D eigenvalue weighted by Gasteiger charge is -2.12. The molecule has 1 N–H and O–H groups in total. The van der Waals surface area contributed by atoms with Crippen molar-refractivity contribution in [3.05, 3.63) is 58.8 Å². The van der Waals surface area contributed by atoms with E-state index in [2.05, 4.69) is 21.2 Å². The molecule has 20 heavy (non-hydrogen) atoms. The maximum Gasteiger partial charge on any atom is 0.237 e. The van der Waals surface area contributed by atoms with Gasteiger partial charge in [0.1, 0.15) is 5.82 Å². The van der Waals surface area contributed by atoms with Crippen LogP contribution in [0.4, 0.5) is 10.1 Å². The zero-order chi connectivity index (χ0) is 14.5. The van der Waals surface area contributed by atoms with Crippen molar-refractivity contribution in [2.45, 2.75) is 17.1 Å². The topological polar surface area (TPSA) is 29.1 Å². The molecule has 0 fully saturated rings. The largest absolute Gasteiger partial charge is 0.323 e. The molecule has 2 rings (SSSR count). The molecule has 0 saturated carbocycles. The van der Waals surface area contributed by atoms with E-state index in [0.29, 0.717) is 4.47 Å². The first-order valence-electron chi connectivity index (χ1n) is 6.04. The van der Waals surface area contributed by atoms with Crippen LogP contribution in [0.1, 0.15) is 6.92 Å². The van der Waals surface area contributed by atoms with Gasteiger partial charge in [0, 0.05) is 9.37 Å². The first-order valence-corrected chi connectivity index (χ1v) is 7.71. The Morgan fingerprint density at radius 3 is 2.60 bits per heavy atom. The molecule has 1 amide bonds. The molecule has 0 saturated heterocycles.